The Hall–Kier alpha value is -3.28. The molecule has 3 amide bonds. The number of carbonyl (C=O) groups is 2. The van der Waals surface area contributed by atoms with Crippen LogP contribution in [0.2, 0.25) is 0 Å². The van der Waals surface area contributed by atoms with Crippen molar-refractivity contribution in [1.29, 1.82) is 0 Å². The molecule has 0 bridgehead atoms. The number of hydrazine groups is 1. The molecule has 0 atom stereocenters. The summed E-state index contributed by atoms with van der Waals surface area (Å²) in [6.45, 7) is 0.467. The summed E-state index contributed by atoms with van der Waals surface area (Å²) in [5.74, 6) is -0.359. The van der Waals surface area contributed by atoms with E-state index in [2.05, 4.69) is 21.2 Å². The van der Waals surface area contributed by atoms with Crippen LogP contribution in [-0.2, 0) is 6.42 Å². The van der Waals surface area contributed by atoms with Crippen molar-refractivity contribution in [3.63, 3.8) is 0 Å². The molecular weight excluding hydrogens is 304 g/mol. The second kappa shape index (κ2) is 7.32. The second-order valence-corrected chi connectivity index (χ2v) is 5.31. The highest BCUT2D eigenvalue weighted by atomic mass is 16.2. The molecule has 2 aromatic carbocycles. The lowest BCUT2D eigenvalue weighted by molar-refractivity contribution is 0.0936. The number of para-hydroxylation sites is 1. The van der Waals surface area contributed by atoms with Gasteiger partial charge in [-0.2, -0.15) is 0 Å². The SMILES string of the molecule is O=C(NCCc1c[nH]c2ccccc12)NNC(=O)c1ccccc1. The van der Waals surface area contributed by atoms with Crippen LogP contribution in [0.25, 0.3) is 10.9 Å². The highest BCUT2D eigenvalue weighted by Gasteiger charge is 2.07. The number of amides is 3. The van der Waals surface area contributed by atoms with Crippen molar-refractivity contribution in [2.24, 2.45) is 0 Å². The van der Waals surface area contributed by atoms with Gasteiger partial charge in [0.25, 0.3) is 5.91 Å². The number of urea groups is 1. The monoisotopic (exact) mass is 322 g/mol. The fourth-order valence-corrected chi connectivity index (χ4v) is 2.47. The van der Waals surface area contributed by atoms with Crippen LogP contribution < -0.4 is 16.2 Å². The highest BCUT2D eigenvalue weighted by Crippen LogP contribution is 2.17. The van der Waals surface area contributed by atoms with Gasteiger partial charge in [-0.05, 0) is 30.2 Å². The Morgan fingerprint density at radius 2 is 1.67 bits per heavy atom. The zero-order chi connectivity index (χ0) is 16.8. The summed E-state index contributed by atoms with van der Waals surface area (Å²) in [5, 5.41) is 3.86. The molecule has 0 saturated carbocycles. The first-order valence-electron chi connectivity index (χ1n) is 7.68. The van der Waals surface area contributed by atoms with E-state index in [4.69, 9.17) is 0 Å². The molecule has 4 N–H and O–H groups in total. The van der Waals surface area contributed by atoms with Gasteiger partial charge in [-0.25, -0.2) is 10.2 Å². The summed E-state index contributed by atoms with van der Waals surface area (Å²) in [4.78, 5) is 26.7. The lowest BCUT2D eigenvalue weighted by Gasteiger charge is -2.08. The second-order valence-electron chi connectivity index (χ2n) is 5.31. The van der Waals surface area contributed by atoms with E-state index in [9.17, 15) is 9.59 Å². The molecular formula is C18H18N4O2. The van der Waals surface area contributed by atoms with Crippen molar-refractivity contribution >= 4 is 22.8 Å². The minimum Gasteiger partial charge on any atom is -0.361 e. The van der Waals surface area contributed by atoms with Gasteiger partial charge in [-0.3, -0.25) is 10.2 Å². The summed E-state index contributed by atoms with van der Waals surface area (Å²) >= 11 is 0. The van der Waals surface area contributed by atoms with Crippen molar-refractivity contribution in [2.45, 2.75) is 6.42 Å². The van der Waals surface area contributed by atoms with E-state index in [1.807, 2.05) is 36.5 Å². The smallest absolute Gasteiger partial charge is 0.333 e. The third-order valence-electron chi connectivity index (χ3n) is 3.68. The molecule has 0 aliphatic rings. The van der Waals surface area contributed by atoms with E-state index in [0.29, 0.717) is 18.5 Å². The molecule has 6 nitrogen and oxygen atoms in total. The fourth-order valence-electron chi connectivity index (χ4n) is 2.47. The van der Waals surface area contributed by atoms with Crippen molar-refractivity contribution in [1.82, 2.24) is 21.2 Å². The standard InChI is InChI=1S/C18H18N4O2/c23-17(13-6-2-1-3-7-13)21-22-18(24)19-11-10-14-12-20-16-9-5-4-8-15(14)16/h1-9,12,20H,10-11H2,(H,21,23)(H2,19,22,24). The van der Waals surface area contributed by atoms with Crippen LogP contribution in [0.3, 0.4) is 0 Å². The molecule has 122 valence electrons. The number of rotatable bonds is 4. The molecule has 1 heterocycles. The van der Waals surface area contributed by atoms with Crippen LogP contribution >= 0.6 is 0 Å². The van der Waals surface area contributed by atoms with Gasteiger partial charge in [-0.15, -0.1) is 0 Å². The number of benzene rings is 2. The van der Waals surface area contributed by atoms with Gasteiger partial charge in [0.15, 0.2) is 0 Å². The maximum atomic E-state index is 11.8. The quantitative estimate of drug-likeness (QED) is 0.556. The number of H-pyrrole nitrogens is 1. The minimum atomic E-state index is -0.445. The number of hydrogen-bond acceptors (Lipinski definition) is 2. The maximum absolute atomic E-state index is 11.8. The predicted molar refractivity (Wildman–Crippen MR) is 92.4 cm³/mol. The molecule has 6 heteroatoms. The molecule has 0 aliphatic heterocycles. The Labute approximate surface area is 139 Å². The Morgan fingerprint density at radius 3 is 2.50 bits per heavy atom. The summed E-state index contributed by atoms with van der Waals surface area (Å²) in [5.41, 5.74) is 7.40. The van der Waals surface area contributed by atoms with E-state index in [1.165, 1.54) is 0 Å². The summed E-state index contributed by atoms with van der Waals surface area (Å²) in [7, 11) is 0. The number of aromatic amines is 1. The normalized spacial score (nSPS) is 10.3. The van der Waals surface area contributed by atoms with Crippen molar-refractivity contribution in [3.8, 4) is 0 Å². The molecule has 24 heavy (non-hydrogen) atoms. The predicted octanol–water partition coefficient (Wildman–Crippen LogP) is 2.35. The van der Waals surface area contributed by atoms with Gasteiger partial charge < -0.3 is 10.3 Å². The van der Waals surface area contributed by atoms with Gasteiger partial charge in [0, 0.05) is 29.2 Å². The molecule has 3 aromatic rings. The number of aromatic nitrogens is 1. The lowest BCUT2D eigenvalue weighted by Crippen LogP contribution is -2.47. The van der Waals surface area contributed by atoms with E-state index in [0.717, 1.165) is 16.5 Å². The first kappa shape index (κ1) is 15.6. The van der Waals surface area contributed by atoms with Crippen LogP contribution in [-0.4, -0.2) is 23.5 Å². The molecule has 0 aliphatic carbocycles. The molecule has 0 fully saturated rings. The first-order valence-corrected chi connectivity index (χ1v) is 7.68. The molecule has 0 spiro atoms. The number of nitrogens with one attached hydrogen (secondary N) is 4. The molecule has 0 unspecified atom stereocenters. The van der Waals surface area contributed by atoms with Crippen LogP contribution in [0.15, 0.2) is 60.8 Å². The molecule has 1 aromatic heterocycles. The van der Waals surface area contributed by atoms with E-state index in [1.54, 1.807) is 24.3 Å². The minimum absolute atomic E-state index is 0.359. The van der Waals surface area contributed by atoms with Gasteiger partial charge in [0.1, 0.15) is 0 Å². The Bertz CT molecular complexity index is 842. The maximum Gasteiger partial charge on any atom is 0.333 e. The highest BCUT2D eigenvalue weighted by molar-refractivity contribution is 5.95. The zero-order valence-corrected chi connectivity index (χ0v) is 13.0. The fraction of sp³-hybridized carbons (Fsp3) is 0.111. The van der Waals surface area contributed by atoms with Gasteiger partial charge in [0.05, 0.1) is 0 Å². The molecule has 0 saturated heterocycles. The van der Waals surface area contributed by atoms with Crippen molar-refractivity contribution in [2.75, 3.05) is 6.54 Å². The van der Waals surface area contributed by atoms with Crippen molar-refractivity contribution < 1.29 is 9.59 Å². The largest absolute Gasteiger partial charge is 0.361 e. The van der Waals surface area contributed by atoms with Crippen LogP contribution in [0.4, 0.5) is 4.79 Å². The average molecular weight is 322 g/mol. The summed E-state index contributed by atoms with van der Waals surface area (Å²) in [6.07, 6.45) is 2.64. The number of hydrogen-bond donors (Lipinski definition) is 4. The number of carbonyl (C=O) groups excluding carboxylic acids is 2. The third kappa shape index (κ3) is 3.73. The van der Waals surface area contributed by atoms with Gasteiger partial charge in [-0.1, -0.05) is 36.4 Å². The van der Waals surface area contributed by atoms with Crippen LogP contribution in [0.1, 0.15) is 15.9 Å². The third-order valence-corrected chi connectivity index (χ3v) is 3.68. The summed E-state index contributed by atoms with van der Waals surface area (Å²) < 4.78 is 0. The zero-order valence-electron chi connectivity index (χ0n) is 13.0. The van der Waals surface area contributed by atoms with Crippen LogP contribution in [0.5, 0.6) is 0 Å². The van der Waals surface area contributed by atoms with E-state index < -0.39 is 6.03 Å². The molecule has 0 radical (unpaired) electrons. The molecule has 3 rings (SSSR count). The lowest BCUT2D eigenvalue weighted by atomic mass is 10.1. The van der Waals surface area contributed by atoms with E-state index >= 15 is 0 Å². The Kier molecular flexibility index (Phi) is 4.76. The van der Waals surface area contributed by atoms with Crippen LogP contribution in [0, 0.1) is 0 Å². The summed E-state index contributed by atoms with van der Waals surface area (Å²) in [6, 6.07) is 16.3. The van der Waals surface area contributed by atoms with Crippen molar-refractivity contribution in [3.05, 3.63) is 71.9 Å². The topological polar surface area (TPSA) is 86.0 Å². The van der Waals surface area contributed by atoms with E-state index in [-0.39, 0.29) is 5.91 Å². The number of fused-ring (bicyclic) bond motifs is 1. The average Bonchev–Trinajstić information content (AvgIpc) is 3.04. The Balaban J connectivity index is 1.44. The van der Waals surface area contributed by atoms with Gasteiger partial charge in [0.2, 0.25) is 0 Å². The Morgan fingerprint density at radius 1 is 0.917 bits per heavy atom. The first-order chi connectivity index (χ1) is 11.7. The van der Waals surface area contributed by atoms with Gasteiger partial charge >= 0.3 is 6.03 Å².